The van der Waals surface area contributed by atoms with Gasteiger partial charge in [0.1, 0.15) is 5.58 Å². The van der Waals surface area contributed by atoms with Gasteiger partial charge in [-0.3, -0.25) is 14.9 Å². The van der Waals surface area contributed by atoms with Crippen LogP contribution in [0.25, 0.3) is 42.3 Å². The third-order valence-electron chi connectivity index (χ3n) is 6.06. The molecule has 0 bridgehead atoms. The van der Waals surface area contributed by atoms with Crippen molar-refractivity contribution in [1.82, 2.24) is 0 Å². The molecule has 0 atom stereocenters. The second-order valence-electron chi connectivity index (χ2n) is 7.92. The first-order valence-corrected chi connectivity index (χ1v) is 11.4. The summed E-state index contributed by atoms with van der Waals surface area (Å²) >= 11 is 1.51. The number of ether oxygens (including phenoxy) is 1. The van der Waals surface area contributed by atoms with E-state index >= 15 is 0 Å². The second kappa shape index (κ2) is 7.68. The molecule has 3 aromatic carbocycles. The number of thiophene rings is 1. The monoisotopic (exact) mass is 458 g/mol. The van der Waals surface area contributed by atoms with Crippen LogP contribution in [-0.4, -0.2) is 31.2 Å². The Hall–Kier alpha value is -3.75. The molecule has 0 N–H and O–H groups in total. The summed E-state index contributed by atoms with van der Waals surface area (Å²) in [7, 11) is 0. The number of nitrogens with zero attached hydrogens (tertiary/aromatic N) is 2. The van der Waals surface area contributed by atoms with E-state index in [1.165, 1.54) is 17.4 Å². The fraction of sp³-hybridized carbons (Fsp3) is 0.160. The lowest BCUT2D eigenvalue weighted by Crippen LogP contribution is -2.36. The number of fused-ring (bicyclic) bond motifs is 4. The summed E-state index contributed by atoms with van der Waals surface area (Å²) in [5.74, 6) is 0.512. The Bertz CT molecular complexity index is 1610. The molecule has 1 aliphatic heterocycles. The van der Waals surface area contributed by atoms with Crippen molar-refractivity contribution in [2.45, 2.75) is 0 Å². The molecule has 1 aliphatic rings. The molecular weight excluding hydrogens is 440 g/mol. The molecular formula is C25H18N2O5S. The van der Waals surface area contributed by atoms with Gasteiger partial charge in [-0.25, -0.2) is 0 Å². The zero-order valence-electron chi connectivity index (χ0n) is 17.4. The molecule has 164 valence electrons. The van der Waals surface area contributed by atoms with E-state index in [4.69, 9.17) is 9.15 Å². The van der Waals surface area contributed by atoms with Gasteiger partial charge in [-0.05, 0) is 18.2 Å². The van der Waals surface area contributed by atoms with E-state index in [2.05, 4.69) is 0 Å². The molecule has 0 amide bonds. The van der Waals surface area contributed by atoms with Crippen molar-refractivity contribution in [2.24, 2.45) is 0 Å². The first kappa shape index (κ1) is 19.9. The maximum Gasteiger partial charge on any atom is 0.278 e. The maximum absolute atomic E-state index is 13.0. The number of benzene rings is 3. The number of para-hydroxylation sites is 1. The van der Waals surface area contributed by atoms with Crippen LogP contribution >= 0.6 is 11.3 Å². The van der Waals surface area contributed by atoms with Gasteiger partial charge in [-0.15, -0.1) is 11.3 Å². The van der Waals surface area contributed by atoms with Crippen molar-refractivity contribution in [3.63, 3.8) is 0 Å². The average Bonchev–Trinajstić information content (AvgIpc) is 3.23. The lowest BCUT2D eigenvalue weighted by molar-refractivity contribution is -0.383. The standard InChI is InChI=1S/C25H18N2O5S/c28-20-14-22(26-10-12-31-13-11-26)32-24-15(5-3-6-17(20)24)16-8-9-19(27(29)30)23-18-4-1-2-7-21(18)33-25(16)23/h1-9,14H,10-13H2. The molecule has 1 fully saturated rings. The average molecular weight is 458 g/mol. The van der Waals surface area contributed by atoms with Gasteiger partial charge in [-0.2, -0.15) is 0 Å². The Morgan fingerprint density at radius 1 is 0.939 bits per heavy atom. The highest BCUT2D eigenvalue weighted by Crippen LogP contribution is 2.45. The van der Waals surface area contributed by atoms with Crippen LogP contribution in [0.5, 0.6) is 0 Å². The van der Waals surface area contributed by atoms with E-state index in [-0.39, 0.29) is 16.0 Å². The van der Waals surface area contributed by atoms with Crippen molar-refractivity contribution in [3.8, 4) is 11.1 Å². The molecule has 33 heavy (non-hydrogen) atoms. The normalized spacial score (nSPS) is 14.4. The van der Waals surface area contributed by atoms with Crippen LogP contribution in [0.15, 0.2) is 69.9 Å². The zero-order valence-corrected chi connectivity index (χ0v) is 18.3. The fourth-order valence-electron chi connectivity index (χ4n) is 4.49. The molecule has 0 unspecified atom stereocenters. The third-order valence-corrected chi connectivity index (χ3v) is 7.26. The lowest BCUT2D eigenvalue weighted by atomic mass is 9.99. The van der Waals surface area contributed by atoms with Gasteiger partial charge in [0, 0.05) is 46.4 Å². The molecule has 8 heteroatoms. The van der Waals surface area contributed by atoms with Crippen molar-refractivity contribution in [1.29, 1.82) is 0 Å². The third kappa shape index (κ3) is 3.18. The highest BCUT2D eigenvalue weighted by Gasteiger charge is 2.23. The maximum atomic E-state index is 13.0. The first-order valence-electron chi connectivity index (χ1n) is 10.6. The molecule has 0 saturated carbocycles. The largest absolute Gasteiger partial charge is 0.440 e. The summed E-state index contributed by atoms with van der Waals surface area (Å²) in [5, 5.41) is 13.8. The molecule has 0 spiro atoms. The predicted molar refractivity (Wildman–Crippen MR) is 130 cm³/mol. The molecule has 6 rings (SSSR count). The second-order valence-corrected chi connectivity index (χ2v) is 8.97. The fourth-order valence-corrected chi connectivity index (χ4v) is 5.74. The van der Waals surface area contributed by atoms with Gasteiger partial charge in [0.2, 0.25) is 0 Å². The molecule has 7 nitrogen and oxygen atoms in total. The summed E-state index contributed by atoms with van der Waals surface area (Å²) in [4.78, 5) is 26.4. The number of nitro groups is 1. The van der Waals surface area contributed by atoms with E-state index in [1.807, 2.05) is 41.3 Å². The topological polar surface area (TPSA) is 85.8 Å². The molecule has 0 aliphatic carbocycles. The summed E-state index contributed by atoms with van der Waals surface area (Å²) < 4.78 is 13.5. The number of non-ortho nitro benzene ring substituents is 1. The van der Waals surface area contributed by atoms with Crippen LogP contribution < -0.4 is 10.3 Å². The van der Waals surface area contributed by atoms with Gasteiger partial charge in [-0.1, -0.05) is 30.3 Å². The minimum atomic E-state index is -0.342. The zero-order chi connectivity index (χ0) is 22.5. The van der Waals surface area contributed by atoms with Crippen molar-refractivity contribution in [2.75, 3.05) is 31.2 Å². The van der Waals surface area contributed by atoms with Crippen molar-refractivity contribution >= 4 is 54.0 Å². The molecule has 5 aromatic rings. The van der Waals surface area contributed by atoms with Crippen LogP contribution in [0, 0.1) is 10.1 Å². The number of anilines is 1. The Kier molecular flexibility index (Phi) is 4.63. The number of nitro benzene ring substituents is 1. The van der Waals surface area contributed by atoms with Gasteiger partial charge in [0.05, 0.1) is 33.6 Å². The van der Waals surface area contributed by atoms with Gasteiger partial charge < -0.3 is 14.1 Å². The van der Waals surface area contributed by atoms with Crippen LogP contribution in [-0.2, 0) is 4.74 Å². The van der Waals surface area contributed by atoms with E-state index in [0.717, 1.165) is 25.9 Å². The highest BCUT2D eigenvalue weighted by atomic mass is 32.1. The quantitative estimate of drug-likeness (QED) is 0.259. The van der Waals surface area contributed by atoms with E-state index < -0.39 is 0 Å². The van der Waals surface area contributed by atoms with Crippen LogP contribution in [0.1, 0.15) is 0 Å². The van der Waals surface area contributed by atoms with E-state index in [9.17, 15) is 14.9 Å². The number of hydrogen-bond acceptors (Lipinski definition) is 7. The highest BCUT2D eigenvalue weighted by molar-refractivity contribution is 7.26. The van der Waals surface area contributed by atoms with Crippen LogP contribution in [0.2, 0.25) is 0 Å². The smallest absolute Gasteiger partial charge is 0.278 e. The number of morpholine rings is 1. The van der Waals surface area contributed by atoms with Crippen molar-refractivity contribution < 1.29 is 14.1 Å². The minimum absolute atomic E-state index is 0.0712. The summed E-state index contributed by atoms with van der Waals surface area (Å²) in [6, 6.07) is 18.0. The SMILES string of the molecule is O=c1cc(N2CCOCC2)oc2c(-c3ccc([N+](=O)[O-])c4c3sc3ccccc34)cccc12. The van der Waals surface area contributed by atoms with Gasteiger partial charge >= 0.3 is 0 Å². The van der Waals surface area contributed by atoms with E-state index in [0.29, 0.717) is 48.5 Å². The first-order chi connectivity index (χ1) is 16.1. The Morgan fingerprint density at radius 2 is 1.73 bits per heavy atom. The van der Waals surface area contributed by atoms with Gasteiger partial charge in [0.15, 0.2) is 11.3 Å². The van der Waals surface area contributed by atoms with Gasteiger partial charge in [0.25, 0.3) is 5.69 Å². The Balaban J connectivity index is 1.66. The Labute approximate surface area is 191 Å². The summed E-state index contributed by atoms with van der Waals surface area (Å²) in [6.45, 7) is 2.45. The molecule has 1 saturated heterocycles. The Morgan fingerprint density at radius 3 is 2.55 bits per heavy atom. The summed E-state index contributed by atoms with van der Waals surface area (Å²) in [5.41, 5.74) is 1.99. The van der Waals surface area contributed by atoms with E-state index in [1.54, 1.807) is 18.2 Å². The minimum Gasteiger partial charge on any atom is -0.440 e. The molecule has 3 heterocycles. The van der Waals surface area contributed by atoms with Crippen LogP contribution in [0.3, 0.4) is 0 Å². The molecule has 0 radical (unpaired) electrons. The summed E-state index contributed by atoms with van der Waals surface area (Å²) in [6.07, 6.45) is 0. The van der Waals surface area contributed by atoms with Crippen LogP contribution in [0.4, 0.5) is 11.6 Å². The van der Waals surface area contributed by atoms with Crippen molar-refractivity contribution in [3.05, 3.63) is 81.0 Å². The molecule has 2 aromatic heterocycles. The number of hydrogen-bond donors (Lipinski definition) is 0. The lowest BCUT2D eigenvalue weighted by Gasteiger charge is -2.27. The predicted octanol–water partition coefficient (Wildman–Crippen LogP) is 5.57. The number of rotatable bonds is 3.